The van der Waals surface area contributed by atoms with Gasteiger partial charge < -0.3 is 10.1 Å². The van der Waals surface area contributed by atoms with Gasteiger partial charge in [0.05, 0.1) is 12.3 Å². The van der Waals surface area contributed by atoms with Gasteiger partial charge in [-0.2, -0.15) is 5.26 Å². The second kappa shape index (κ2) is 9.79. The number of amides is 1. The van der Waals surface area contributed by atoms with Gasteiger partial charge in [-0.05, 0) is 58.6 Å². The van der Waals surface area contributed by atoms with Crippen LogP contribution in [0.2, 0.25) is 0 Å². The number of nitrogens with zero attached hydrogens (tertiary/aromatic N) is 1. The SMILES string of the molecule is CCCOc1ccccc1/C=C(\C#N)C(=O)Nc1ccc(CC)cc1Br. The van der Waals surface area contributed by atoms with Gasteiger partial charge in [0.25, 0.3) is 5.91 Å². The van der Waals surface area contributed by atoms with E-state index in [4.69, 9.17) is 4.74 Å². The molecule has 0 heterocycles. The van der Waals surface area contributed by atoms with Crippen LogP contribution in [0.25, 0.3) is 6.08 Å². The molecule has 0 radical (unpaired) electrons. The highest BCUT2D eigenvalue weighted by molar-refractivity contribution is 9.10. The lowest BCUT2D eigenvalue weighted by Crippen LogP contribution is -2.14. The standard InChI is InChI=1S/C21H21BrN2O2/c1-3-11-26-20-8-6-5-7-16(20)13-17(14-23)21(25)24-19-10-9-15(4-2)12-18(19)22/h5-10,12-13H,3-4,11H2,1-2H3,(H,24,25)/b17-13+. The first-order chi connectivity index (χ1) is 12.6. The first-order valence-corrected chi connectivity index (χ1v) is 9.31. The van der Waals surface area contributed by atoms with Crippen molar-refractivity contribution in [2.24, 2.45) is 0 Å². The van der Waals surface area contributed by atoms with Crippen molar-refractivity contribution < 1.29 is 9.53 Å². The third kappa shape index (κ3) is 5.21. The van der Waals surface area contributed by atoms with Crippen LogP contribution >= 0.6 is 15.9 Å². The first-order valence-electron chi connectivity index (χ1n) is 8.52. The van der Waals surface area contributed by atoms with Crippen LogP contribution in [0.3, 0.4) is 0 Å². The molecule has 0 aliphatic rings. The van der Waals surface area contributed by atoms with Crippen molar-refractivity contribution in [3.63, 3.8) is 0 Å². The highest BCUT2D eigenvalue weighted by Crippen LogP contribution is 2.25. The summed E-state index contributed by atoms with van der Waals surface area (Å²) in [6, 6.07) is 15.1. The summed E-state index contributed by atoms with van der Waals surface area (Å²) in [5.74, 6) is 0.200. The third-order valence-corrected chi connectivity index (χ3v) is 4.39. The Hall–Kier alpha value is -2.58. The number of carbonyl (C=O) groups is 1. The Kier molecular flexibility index (Phi) is 7.43. The summed E-state index contributed by atoms with van der Waals surface area (Å²) in [6.07, 6.45) is 3.34. The number of carbonyl (C=O) groups excluding carboxylic acids is 1. The molecule has 1 N–H and O–H groups in total. The molecule has 4 nitrogen and oxygen atoms in total. The van der Waals surface area contributed by atoms with E-state index in [1.807, 2.05) is 55.5 Å². The summed E-state index contributed by atoms with van der Waals surface area (Å²) in [5.41, 5.74) is 2.51. The monoisotopic (exact) mass is 412 g/mol. The second-order valence-corrected chi connectivity index (χ2v) is 6.53. The molecule has 0 saturated heterocycles. The van der Waals surface area contributed by atoms with Gasteiger partial charge in [-0.25, -0.2) is 0 Å². The molecule has 134 valence electrons. The normalized spacial score (nSPS) is 10.9. The van der Waals surface area contributed by atoms with Crippen molar-refractivity contribution in [2.75, 3.05) is 11.9 Å². The smallest absolute Gasteiger partial charge is 0.266 e. The Balaban J connectivity index is 2.24. The van der Waals surface area contributed by atoms with E-state index in [-0.39, 0.29) is 5.57 Å². The van der Waals surface area contributed by atoms with Gasteiger partial charge in [-0.15, -0.1) is 0 Å². The molecule has 0 spiro atoms. The van der Waals surface area contributed by atoms with Gasteiger partial charge >= 0.3 is 0 Å². The number of rotatable bonds is 7. The lowest BCUT2D eigenvalue weighted by Gasteiger charge is -2.10. The fourth-order valence-corrected chi connectivity index (χ4v) is 2.84. The lowest BCUT2D eigenvalue weighted by molar-refractivity contribution is -0.112. The summed E-state index contributed by atoms with van der Waals surface area (Å²) >= 11 is 3.46. The summed E-state index contributed by atoms with van der Waals surface area (Å²) in [6.45, 7) is 4.67. The minimum absolute atomic E-state index is 0.0176. The second-order valence-electron chi connectivity index (χ2n) is 5.68. The van der Waals surface area contributed by atoms with Crippen molar-refractivity contribution in [3.8, 4) is 11.8 Å². The maximum atomic E-state index is 12.5. The summed E-state index contributed by atoms with van der Waals surface area (Å²) in [4.78, 5) is 12.5. The van der Waals surface area contributed by atoms with Crippen LogP contribution in [0.1, 0.15) is 31.4 Å². The van der Waals surface area contributed by atoms with Crippen LogP contribution in [0.4, 0.5) is 5.69 Å². The van der Waals surface area contributed by atoms with E-state index in [0.717, 1.165) is 22.9 Å². The van der Waals surface area contributed by atoms with Crippen LogP contribution in [0.15, 0.2) is 52.5 Å². The number of aryl methyl sites for hydroxylation is 1. The number of anilines is 1. The fourth-order valence-electron chi connectivity index (χ4n) is 2.32. The topological polar surface area (TPSA) is 62.1 Å². The van der Waals surface area contributed by atoms with Crippen LogP contribution < -0.4 is 10.1 Å². The van der Waals surface area contributed by atoms with E-state index in [1.54, 1.807) is 6.08 Å². The summed E-state index contributed by atoms with van der Waals surface area (Å²) < 4.78 is 6.47. The van der Waals surface area contributed by atoms with Crippen LogP contribution in [0, 0.1) is 11.3 Å². The van der Waals surface area contributed by atoms with Crippen molar-refractivity contribution in [3.05, 3.63) is 63.6 Å². The maximum Gasteiger partial charge on any atom is 0.266 e. The molecule has 2 rings (SSSR count). The maximum absolute atomic E-state index is 12.5. The predicted molar refractivity (Wildman–Crippen MR) is 108 cm³/mol. The van der Waals surface area contributed by atoms with E-state index in [9.17, 15) is 10.1 Å². The van der Waals surface area contributed by atoms with E-state index in [1.165, 1.54) is 0 Å². The van der Waals surface area contributed by atoms with Crippen LogP contribution in [-0.2, 0) is 11.2 Å². The average Bonchev–Trinajstić information content (AvgIpc) is 2.66. The largest absolute Gasteiger partial charge is 0.493 e. The summed E-state index contributed by atoms with van der Waals surface area (Å²) in [7, 11) is 0. The zero-order chi connectivity index (χ0) is 18.9. The quantitative estimate of drug-likeness (QED) is 0.492. The molecule has 2 aromatic rings. The molecule has 0 aliphatic carbocycles. The van der Waals surface area contributed by atoms with E-state index < -0.39 is 5.91 Å². The van der Waals surface area contributed by atoms with Crippen molar-refractivity contribution in [2.45, 2.75) is 26.7 Å². The number of benzene rings is 2. The van der Waals surface area contributed by atoms with Gasteiger partial charge in [0.1, 0.15) is 17.4 Å². The number of hydrogen-bond acceptors (Lipinski definition) is 3. The van der Waals surface area contributed by atoms with E-state index in [0.29, 0.717) is 23.6 Å². The minimum atomic E-state index is -0.456. The van der Waals surface area contributed by atoms with Gasteiger partial charge in [0.15, 0.2) is 0 Å². The van der Waals surface area contributed by atoms with Gasteiger partial charge in [-0.3, -0.25) is 4.79 Å². The molecule has 5 heteroatoms. The zero-order valence-electron chi connectivity index (χ0n) is 14.9. The minimum Gasteiger partial charge on any atom is -0.493 e. The molecule has 2 aromatic carbocycles. The van der Waals surface area contributed by atoms with Crippen molar-refractivity contribution in [1.29, 1.82) is 5.26 Å². The van der Waals surface area contributed by atoms with E-state index >= 15 is 0 Å². The molecule has 0 aromatic heterocycles. The molecule has 0 aliphatic heterocycles. The molecule has 1 amide bonds. The average molecular weight is 413 g/mol. The molecule has 0 fully saturated rings. The molecule has 0 unspecified atom stereocenters. The lowest BCUT2D eigenvalue weighted by atomic mass is 10.1. The molecular formula is C21H21BrN2O2. The Labute approximate surface area is 162 Å². The highest BCUT2D eigenvalue weighted by Gasteiger charge is 2.13. The van der Waals surface area contributed by atoms with Crippen LogP contribution in [-0.4, -0.2) is 12.5 Å². The number of nitrogens with one attached hydrogen (secondary N) is 1. The predicted octanol–water partition coefficient (Wildman–Crippen LogP) is 5.35. The van der Waals surface area contributed by atoms with Gasteiger partial charge in [0, 0.05) is 10.0 Å². The molecule has 0 bridgehead atoms. The summed E-state index contributed by atoms with van der Waals surface area (Å²) in [5, 5.41) is 12.2. The number of ether oxygens (including phenoxy) is 1. The Morgan fingerprint density at radius 1 is 1.27 bits per heavy atom. The molecule has 0 saturated carbocycles. The van der Waals surface area contributed by atoms with Crippen molar-refractivity contribution >= 4 is 33.6 Å². The molecule has 0 atom stereocenters. The third-order valence-electron chi connectivity index (χ3n) is 3.74. The number of para-hydroxylation sites is 1. The molecular weight excluding hydrogens is 392 g/mol. The zero-order valence-corrected chi connectivity index (χ0v) is 16.5. The Bertz CT molecular complexity index is 853. The number of nitriles is 1. The van der Waals surface area contributed by atoms with E-state index in [2.05, 4.69) is 28.2 Å². The molecule has 26 heavy (non-hydrogen) atoms. The van der Waals surface area contributed by atoms with Gasteiger partial charge in [0.2, 0.25) is 0 Å². The number of hydrogen-bond donors (Lipinski definition) is 1. The Morgan fingerprint density at radius 2 is 2.04 bits per heavy atom. The van der Waals surface area contributed by atoms with Crippen LogP contribution in [0.5, 0.6) is 5.75 Å². The highest BCUT2D eigenvalue weighted by atomic mass is 79.9. The van der Waals surface area contributed by atoms with Gasteiger partial charge in [-0.1, -0.05) is 38.1 Å². The van der Waals surface area contributed by atoms with Crippen molar-refractivity contribution in [1.82, 2.24) is 0 Å². The Morgan fingerprint density at radius 3 is 2.69 bits per heavy atom. The first kappa shape index (κ1) is 19.7. The number of halogens is 1. The fraction of sp³-hybridized carbons (Fsp3) is 0.238.